The van der Waals surface area contributed by atoms with Gasteiger partial charge in [-0.05, 0) is 18.3 Å². The van der Waals surface area contributed by atoms with Crippen LogP contribution >= 0.6 is 0 Å². The van der Waals surface area contributed by atoms with E-state index in [2.05, 4.69) is 19.2 Å². The maximum absolute atomic E-state index is 11.6. The summed E-state index contributed by atoms with van der Waals surface area (Å²) in [6.45, 7) is 7.15. The molecule has 17 heavy (non-hydrogen) atoms. The van der Waals surface area contributed by atoms with Crippen LogP contribution in [0.4, 0.5) is 4.79 Å². The average molecular weight is 244 g/mol. The number of hydrogen-bond acceptors (Lipinski definition) is 2. The monoisotopic (exact) mass is 244 g/mol. The van der Waals surface area contributed by atoms with E-state index in [1.165, 1.54) is 0 Å². The van der Waals surface area contributed by atoms with E-state index in [-0.39, 0.29) is 18.4 Å². The van der Waals surface area contributed by atoms with Crippen molar-refractivity contribution in [3.8, 4) is 0 Å². The van der Waals surface area contributed by atoms with Gasteiger partial charge in [-0.25, -0.2) is 4.79 Å². The molecule has 0 saturated heterocycles. The molecule has 5 nitrogen and oxygen atoms in total. The zero-order valence-corrected chi connectivity index (χ0v) is 11.2. The van der Waals surface area contributed by atoms with Crippen LogP contribution in [-0.4, -0.2) is 42.1 Å². The smallest absolute Gasteiger partial charge is 0.317 e. The Balaban J connectivity index is 3.80. The van der Waals surface area contributed by atoms with Crippen LogP contribution < -0.4 is 5.32 Å². The van der Waals surface area contributed by atoms with Gasteiger partial charge in [0.2, 0.25) is 0 Å². The molecule has 100 valence electrons. The summed E-state index contributed by atoms with van der Waals surface area (Å²) >= 11 is 0. The van der Waals surface area contributed by atoms with Gasteiger partial charge >= 0.3 is 12.0 Å². The molecule has 0 aliphatic heterocycles. The van der Waals surface area contributed by atoms with E-state index in [1.807, 2.05) is 6.92 Å². The van der Waals surface area contributed by atoms with Crippen molar-refractivity contribution in [2.45, 2.75) is 33.6 Å². The lowest BCUT2D eigenvalue weighted by atomic mass is 10.1. The largest absolute Gasteiger partial charge is 0.481 e. The van der Waals surface area contributed by atoms with Crippen molar-refractivity contribution in [3.05, 3.63) is 0 Å². The van der Waals surface area contributed by atoms with Gasteiger partial charge < -0.3 is 15.3 Å². The predicted molar refractivity (Wildman–Crippen MR) is 66.9 cm³/mol. The molecular formula is C12H24N2O3. The lowest BCUT2D eigenvalue weighted by Crippen LogP contribution is -2.40. The first kappa shape index (κ1) is 15.7. The van der Waals surface area contributed by atoms with Gasteiger partial charge in [-0.3, -0.25) is 4.79 Å². The molecule has 5 heteroatoms. The summed E-state index contributed by atoms with van der Waals surface area (Å²) in [6, 6.07) is -0.136. The van der Waals surface area contributed by atoms with E-state index in [1.54, 1.807) is 11.9 Å². The fourth-order valence-electron chi connectivity index (χ4n) is 1.32. The van der Waals surface area contributed by atoms with Crippen LogP contribution in [0.25, 0.3) is 0 Å². The molecule has 0 saturated carbocycles. The molecule has 0 radical (unpaired) electrons. The van der Waals surface area contributed by atoms with Crippen LogP contribution in [-0.2, 0) is 4.79 Å². The number of carbonyl (C=O) groups is 2. The maximum Gasteiger partial charge on any atom is 0.317 e. The summed E-state index contributed by atoms with van der Waals surface area (Å²) < 4.78 is 0. The first-order chi connectivity index (χ1) is 7.82. The molecule has 0 heterocycles. The van der Waals surface area contributed by atoms with E-state index in [0.29, 0.717) is 12.5 Å². The minimum Gasteiger partial charge on any atom is -0.481 e. The van der Waals surface area contributed by atoms with Gasteiger partial charge in [0.1, 0.15) is 0 Å². The Morgan fingerprint density at radius 3 is 2.35 bits per heavy atom. The number of carbonyl (C=O) groups excluding carboxylic acids is 1. The van der Waals surface area contributed by atoms with E-state index in [9.17, 15) is 9.59 Å². The summed E-state index contributed by atoms with van der Waals surface area (Å²) in [5.74, 6) is -0.314. The van der Waals surface area contributed by atoms with Crippen molar-refractivity contribution in [1.82, 2.24) is 10.2 Å². The Morgan fingerprint density at radius 1 is 1.29 bits per heavy atom. The number of rotatable bonds is 7. The lowest BCUT2D eigenvalue weighted by molar-refractivity contribution is -0.137. The number of amides is 2. The second-order valence-corrected chi connectivity index (χ2v) is 4.99. The molecule has 1 unspecified atom stereocenters. The number of urea groups is 1. The minimum atomic E-state index is -0.833. The van der Waals surface area contributed by atoms with Gasteiger partial charge in [0, 0.05) is 26.6 Å². The van der Waals surface area contributed by atoms with Gasteiger partial charge in [0.25, 0.3) is 0 Å². The van der Waals surface area contributed by atoms with Gasteiger partial charge in [0.15, 0.2) is 0 Å². The number of carboxylic acid groups (broad SMARTS) is 1. The van der Waals surface area contributed by atoms with E-state index < -0.39 is 5.97 Å². The lowest BCUT2D eigenvalue weighted by Gasteiger charge is -2.20. The maximum atomic E-state index is 11.6. The Hall–Kier alpha value is -1.26. The topological polar surface area (TPSA) is 69.6 Å². The van der Waals surface area contributed by atoms with Crippen molar-refractivity contribution in [1.29, 1.82) is 0 Å². The highest BCUT2D eigenvalue weighted by Gasteiger charge is 2.12. The third-order valence-corrected chi connectivity index (χ3v) is 2.51. The zero-order valence-electron chi connectivity index (χ0n) is 11.2. The Labute approximate surface area is 103 Å². The molecule has 0 fully saturated rings. The molecule has 1 atom stereocenters. The van der Waals surface area contributed by atoms with Crippen LogP contribution in [0.15, 0.2) is 0 Å². The SMILES string of the molecule is CC(C)CCN(C)C(=O)NCC(C)CC(=O)O. The third kappa shape index (κ3) is 8.54. The van der Waals surface area contributed by atoms with Crippen LogP contribution in [0.1, 0.15) is 33.6 Å². The summed E-state index contributed by atoms with van der Waals surface area (Å²) in [7, 11) is 1.75. The van der Waals surface area contributed by atoms with Crippen LogP contribution in [0.3, 0.4) is 0 Å². The molecule has 0 aliphatic carbocycles. The van der Waals surface area contributed by atoms with Crippen molar-refractivity contribution in [2.75, 3.05) is 20.1 Å². The van der Waals surface area contributed by atoms with Gasteiger partial charge in [0.05, 0.1) is 0 Å². The number of carboxylic acids is 1. The zero-order chi connectivity index (χ0) is 13.4. The summed E-state index contributed by atoms with van der Waals surface area (Å²) in [5, 5.41) is 11.3. The first-order valence-corrected chi connectivity index (χ1v) is 6.03. The normalized spacial score (nSPS) is 12.3. The van der Waals surface area contributed by atoms with E-state index in [0.717, 1.165) is 13.0 Å². The number of hydrogen-bond donors (Lipinski definition) is 2. The molecule has 0 aromatic carbocycles. The van der Waals surface area contributed by atoms with Crippen LogP contribution in [0.5, 0.6) is 0 Å². The van der Waals surface area contributed by atoms with Gasteiger partial charge in [-0.15, -0.1) is 0 Å². The minimum absolute atomic E-state index is 0.0463. The molecule has 0 bridgehead atoms. The number of nitrogens with one attached hydrogen (secondary N) is 1. The quantitative estimate of drug-likeness (QED) is 0.717. The molecule has 2 N–H and O–H groups in total. The van der Waals surface area contributed by atoms with Gasteiger partial charge in [-0.2, -0.15) is 0 Å². The summed E-state index contributed by atoms with van der Waals surface area (Å²) in [5.41, 5.74) is 0. The van der Waals surface area contributed by atoms with Crippen LogP contribution in [0.2, 0.25) is 0 Å². The van der Waals surface area contributed by atoms with E-state index in [4.69, 9.17) is 5.11 Å². The predicted octanol–water partition coefficient (Wildman–Crippen LogP) is 1.78. The van der Waals surface area contributed by atoms with Crippen LogP contribution in [0, 0.1) is 11.8 Å². The molecule has 0 rings (SSSR count). The number of aliphatic carboxylic acids is 1. The summed E-state index contributed by atoms with van der Waals surface area (Å²) in [6.07, 6.45) is 1.05. The Morgan fingerprint density at radius 2 is 1.88 bits per heavy atom. The van der Waals surface area contributed by atoms with Crippen molar-refractivity contribution >= 4 is 12.0 Å². The highest BCUT2D eigenvalue weighted by molar-refractivity contribution is 5.74. The Bertz CT molecular complexity index is 254. The second kappa shape index (κ2) is 7.92. The Kier molecular flexibility index (Phi) is 7.34. The van der Waals surface area contributed by atoms with E-state index >= 15 is 0 Å². The summed E-state index contributed by atoms with van der Waals surface area (Å²) in [4.78, 5) is 23.7. The molecule has 0 aromatic rings. The molecule has 0 spiro atoms. The second-order valence-electron chi connectivity index (χ2n) is 4.99. The van der Waals surface area contributed by atoms with Crippen molar-refractivity contribution in [3.63, 3.8) is 0 Å². The van der Waals surface area contributed by atoms with Crippen molar-refractivity contribution in [2.24, 2.45) is 11.8 Å². The van der Waals surface area contributed by atoms with Gasteiger partial charge in [-0.1, -0.05) is 20.8 Å². The molecule has 0 aromatic heterocycles. The fourth-order valence-corrected chi connectivity index (χ4v) is 1.32. The first-order valence-electron chi connectivity index (χ1n) is 6.03. The molecule has 0 aliphatic rings. The standard InChI is InChI=1S/C12H24N2O3/c1-9(2)5-6-14(4)12(17)13-8-10(3)7-11(15)16/h9-10H,5-8H2,1-4H3,(H,13,17)(H,15,16). The van der Waals surface area contributed by atoms with Crippen molar-refractivity contribution < 1.29 is 14.7 Å². The molecule has 2 amide bonds. The molecular weight excluding hydrogens is 220 g/mol. The highest BCUT2D eigenvalue weighted by atomic mass is 16.4. The number of nitrogens with zero attached hydrogens (tertiary/aromatic N) is 1. The fraction of sp³-hybridized carbons (Fsp3) is 0.833. The highest BCUT2D eigenvalue weighted by Crippen LogP contribution is 2.02. The third-order valence-electron chi connectivity index (χ3n) is 2.51. The average Bonchev–Trinajstić information content (AvgIpc) is 2.21.